The van der Waals surface area contributed by atoms with E-state index in [-0.39, 0.29) is 0 Å². The van der Waals surface area contributed by atoms with Crippen LogP contribution in [0.2, 0.25) is 0 Å². The van der Waals surface area contributed by atoms with Crippen molar-refractivity contribution in [2.45, 2.75) is 0 Å². The second-order valence-corrected chi connectivity index (χ2v) is 14.4. The Morgan fingerprint density at radius 1 is 0.375 bits per heavy atom. The molecule has 0 aliphatic carbocycles. The van der Waals surface area contributed by atoms with Gasteiger partial charge in [0.2, 0.25) is 0 Å². The molecule has 0 fully saturated rings. The summed E-state index contributed by atoms with van der Waals surface area (Å²) in [5.41, 5.74) is 7.74. The highest BCUT2D eigenvalue weighted by Crippen LogP contribution is 2.42. The number of hydrogen-bond donors (Lipinski definition) is 0. The highest BCUT2D eigenvalue weighted by atomic mass is 16.3. The Hall–Kier alpha value is -7.63. The van der Waals surface area contributed by atoms with Crippen LogP contribution in [0.1, 0.15) is 0 Å². The van der Waals surface area contributed by atoms with Crippen LogP contribution in [0.25, 0.3) is 116 Å². The van der Waals surface area contributed by atoms with Gasteiger partial charge < -0.3 is 8.98 Å². The summed E-state index contributed by atoms with van der Waals surface area (Å²) in [5.74, 6) is 1.85. The molecule has 0 saturated heterocycles. The van der Waals surface area contributed by atoms with Gasteiger partial charge in [0.1, 0.15) is 11.2 Å². The largest absolute Gasteiger partial charge is 0.456 e. The second-order valence-electron chi connectivity index (χ2n) is 14.4. The molecule has 0 amide bonds. The summed E-state index contributed by atoms with van der Waals surface area (Å²) in [6.07, 6.45) is 0. The number of nitrogens with zero attached hydrogens (tertiary/aromatic N) is 4. The van der Waals surface area contributed by atoms with Crippen LogP contribution in [0, 0.1) is 0 Å². The van der Waals surface area contributed by atoms with Crippen LogP contribution >= 0.6 is 0 Å². The topological polar surface area (TPSA) is 56.7 Å². The lowest BCUT2D eigenvalue weighted by Gasteiger charge is -2.11. The van der Waals surface area contributed by atoms with E-state index in [4.69, 9.17) is 19.4 Å². The van der Waals surface area contributed by atoms with Gasteiger partial charge in [-0.25, -0.2) is 15.0 Å². The molecule has 9 aromatic carbocycles. The lowest BCUT2D eigenvalue weighted by molar-refractivity contribution is 0.668. The Balaban J connectivity index is 1.10. The molecule has 56 heavy (non-hydrogen) atoms. The maximum Gasteiger partial charge on any atom is 0.164 e. The van der Waals surface area contributed by atoms with Gasteiger partial charge >= 0.3 is 0 Å². The molecule has 260 valence electrons. The average Bonchev–Trinajstić information content (AvgIpc) is 3.80. The third-order valence-corrected chi connectivity index (χ3v) is 11.2. The van der Waals surface area contributed by atoms with E-state index in [1.807, 2.05) is 42.5 Å². The third kappa shape index (κ3) is 4.64. The molecule has 0 radical (unpaired) electrons. The van der Waals surface area contributed by atoms with Crippen molar-refractivity contribution in [1.29, 1.82) is 0 Å². The zero-order chi connectivity index (χ0) is 36.7. The van der Waals surface area contributed by atoms with Crippen LogP contribution in [-0.4, -0.2) is 19.5 Å². The molecule has 0 bridgehead atoms. The number of furan rings is 1. The number of hydrogen-bond acceptors (Lipinski definition) is 4. The van der Waals surface area contributed by atoms with E-state index in [2.05, 4.69) is 144 Å². The molecular formula is C51H30N4O. The molecule has 0 unspecified atom stereocenters. The Morgan fingerprint density at radius 2 is 1.00 bits per heavy atom. The highest BCUT2D eigenvalue weighted by molar-refractivity contribution is 6.21. The van der Waals surface area contributed by atoms with Crippen molar-refractivity contribution < 1.29 is 4.42 Å². The summed E-state index contributed by atoms with van der Waals surface area (Å²) in [6, 6.07) is 63.9. The van der Waals surface area contributed by atoms with E-state index in [9.17, 15) is 0 Å². The Morgan fingerprint density at radius 3 is 1.84 bits per heavy atom. The fourth-order valence-corrected chi connectivity index (χ4v) is 8.62. The van der Waals surface area contributed by atoms with Crippen molar-refractivity contribution in [3.05, 3.63) is 182 Å². The maximum atomic E-state index is 6.74. The van der Waals surface area contributed by atoms with E-state index in [1.54, 1.807) is 0 Å². The SMILES string of the molecule is c1ccc(-c2nc(-c3cccc4ccccc34)nc(-c3cccc4oc5cc(-n6c7cc8ccccc8cc7c7ccc8ccccc8c76)ccc5c34)n2)cc1. The van der Waals surface area contributed by atoms with Crippen molar-refractivity contribution >= 4 is 76.1 Å². The molecule has 3 aromatic heterocycles. The fraction of sp³-hybridized carbons (Fsp3) is 0. The Kier molecular flexibility index (Phi) is 6.56. The maximum absolute atomic E-state index is 6.74. The minimum absolute atomic E-state index is 0.597. The quantitative estimate of drug-likeness (QED) is 0.182. The lowest BCUT2D eigenvalue weighted by Crippen LogP contribution is -2.00. The van der Waals surface area contributed by atoms with Crippen molar-refractivity contribution in [3.8, 4) is 39.9 Å². The van der Waals surface area contributed by atoms with Crippen molar-refractivity contribution in [2.75, 3.05) is 0 Å². The van der Waals surface area contributed by atoms with E-state index in [0.29, 0.717) is 17.5 Å². The van der Waals surface area contributed by atoms with Crippen molar-refractivity contribution in [1.82, 2.24) is 19.5 Å². The van der Waals surface area contributed by atoms with Gasteiger partial charge in [0.25, 0.3) is 0 Å². The molecule has 0 aliphatic heterocycles. The van der Waals surface area contributed by atoms with Gasteiger partial charge in [-0.1, -0.05) is 146 Å². The van der Waals surface area contributed by atoms with Crippen LogP contribution < -0.4 is 0 Å². The van der Waals surface area contributed by atoms with Gasteiger partial charge in [-0.2, -0.15) is 0 Å². The molecule has 0 saturated carbocycles. The van der Waals surface area contributed by atoms with E-state index in [0.717, 1.165) is 60.6 Å². The smallest absolute Gasteiger partial charge is 0.164 e. The van der Waals surface area contributed by atoms with Crippen LogP contribution in [0.4, 0.5) is 0 Å². The van der Waals surface area contributed by atoms with Crippen molar-refractivity contribution in [3.63, 3.8) is 0 Å². The molecule has 5 heteroatoms. The first kappa shape index (κ1) is 30.8. The van der Waals surface area contributed by atoms with Crippen molar-refractivity contribution in [2.24, 2.45) is 0 Å². The van der Waals surface area contributed by atoms with Gasteiger partial charge in [-0.05, 0) is 57.3 Å². The lowest BCUT2D eigenvalue weighted by atomic mass is 10.0. The number of aromatic nitrogens is 4. The van der Waals surface area contributed by atoms with Gasteiger partial charge in [-0.15, -0.1) is 0 Å². The fourth-order valence-electron chi connectivity index (χ4n) is 8.62. The van der Waals surface area contributed by atoms with Gasteiger partial charge in [0.05, 0.1) is 11.0 Å². The molecule has 0 atom stereocenters. The third-order valence-electron chi connectivity index (χ3n) is 11.2. The predicted octanol–water partition coefficient (Wildman–Crippen LogP) is 13.3. The van der Waals surface area contributed by atoms with Crippen LogP contribution in [0.3, 0.4) is 0 Å². The average molecular weight is 715 g/mol. The summed E-state index contributed by atoms with van der Waals surface area (Å²) in [4.78, 5) is 15.4. The Labute approximate surface area is 320 Å². The number of rotatable bonds is 4. The normalized spacial score (nSPS) is 11.9. The molecule has 0 N–H and O–H groups in total. The van der Waals surface area contributed by atoms with Gasteiger partial charge in [0, 0.05) is 55.4 Å². The molecule has 0 aliphatic rings. The minimum Gasteiger partial charge on any atom is -0.456 e. The zero-order valence-corrected chi connectivity index (χ0v) is 30.0. The summed E-state index contributed by atoms with van der Waals surface area (Å²) in [6.45, 7) is 0. The Bertz CT molecular complexity index is 3540. The first-order chi connectivity index (χ1) is 27.7. The molecule has 3 heterocycles. The van der Waals surface area contributed by atoms with E-state index < -0.39 is 0 Å². The van der Waals surface area contributed by atoms with E-state index in [1.165, 1.54) is 37.8 Å². The standard InChI is InChI=1S/C51H30N4O/c1-2-14-33(15-3-1)49-52-50(40-21-10-18-31-12-6-8-19-37(31)40)54-51(53-49)42-22-11-23-45-47(42)41-27-25-36(30-46(41)56-45)55-44-29-35-17-5-4-16-34(35)28-43(44)39-26-24-32-13-7-9-20-38(32)48(39)55/h1-30H. The minimum atomic E-state index is 0.597. The summed E-state index contributed by atoms with van der Waals surface area (Å²) >= 11 is 0. The van der Waals surface area contributed by atoms with Gasteiger partial charge in [0.15, 0.2) is 17.5 Å². The van der Waals surface area contributed by atoms with Crippen LogP contribution in [0.15, 0.2) is 186 Å². The first-order valence-corrected chi connectivity index (χ1v) is 18.9. The highest BCUT2D eigenvalue weighted by Gasteiger charge is 2.21. The summed E-state index contributed by atoms with van der Waals surface area (Å²) < 4.78 is 9.14. The van der Waals surface area contributed by atoms with Crippen LogP contribution in [0.5, 0.6) is 0 Å². The second kappa shape index (κ2) is 11.9. The first-order valence-electron chi connectivity index (χ1n) is 18.9. The zero-order valence-electron chi connectivity index (χ0n) is 30.0. The molecule has 12 rings (SSSR count). The van der Waals surface area contributed by atoms with Crippen LogP contribution in [-0.2, 0) is 0 Å². The molecule has 5 nitrogen and oxygen atoms in total. The number of fused-ring (bicyclic) bond motifs is 10. The van der Waals surface area contributed by atoms with E-state index >= 15 is 0 Å². The molecule has 12 aromatic rings. The number of benzene rings is 9. The molecular weight excluding hydrogens is 685 g/mol. The summed E-state index contributed by atoms with van der Waals surface area (Å²) in [5, 5.41) is 11.5. The monoisotopic (exact) mass is 714 g/mol. The van der Waals surface area contributed by atoms with Gasteiger partial charge in [-0.3, -0.25) is 0 Å². The predicted molar refractivity (Wildman–Crippen MR) is 230 cm³/mol. The molecule has 0 spiro atoms. The summed E-state index contributed by atoms with van der Waals surface area (Å²) in [7, 11) is 0.